The summed E-state index contributed by atoms with van der Waals surface area (Å²) in [5.74, 6) is 1.46. The molecule has 0 amide bonds. The summed E-state index contributed by atoms with van der Waals surface area (Å²) in [5.41, 5.74) is 1.73. The molecule has 178 valence electrons. The Morgan fingerprint density at radius 3 is 2.09 bits per heavy atom. The normalized spacial score (nSPS) is 13.1. The SMILES string of the molecule is CCCCOc1c(Cl)cc(C(C)(C)c2ccc(OC[C@H](C)CS(=O)(=O)CC)cc2)cc1Cl. The van der Waals surface area contributed by atoms with E-state index in [-0.39, 0.29) is 22.8 Å². The van der Waals surface area contributed by atoms with Crippen molar-refractivity contribution in [3.05, 3.63) is 57.6 Å². The highest BCUT2D eigenvalue weighted by Gasteiger charge is 2.26. The highest BCUT2D eigenvalue weighted by atomic mass is 35.5. The Bertz CT molecular complexity index is 962. The molecule has 7 heteroatoms. The van der Waals surface area contributed by atoms with Crippen LogP contribution in [0.2, 0.25) is 10.0 Å². The molecule has 2 aromatic carbocycles. The van der Waals surface area contributed by atoms with Gasteiger partial charge in [0.2, 0.25) is 0 Å². The van der Waals surface area contributed by atoms with Gasteiger partial charge in [0.1, 0.15) is 15.6 Å². The van der Waals surface area contributed by atoms with Gasteiger partial charge in [0.25, 0.3) is 0 Å². The van der Waals surface area contributed by atoms with Crippen LogP contribution in [0.3, 0.4) is 0 Å². The van der Waals surface area contributed by atoms with Gasteiger partial charge in [-0.05, 0) is 41.8 Å². The fraction of sp³-hybridized carbons (Fsp3) is 0.520. The minimum absolute atomic E-state index is 0.0709. The van der Waals surface area contributed by atoms with E-state index < -0.39 is 9.84 Å². The molecule has 0 spiro atoms. The van der Waals surface area contributed by atoms with Gasteiger partial charge in [-0.3, -0.25) is 0 Å². The van der Waals surface area contributed by atoms with E-state index in [0.29, 0.717) is 34.8 Å². The Hall–Kier alpha value is -1.43. The Morgan fingerprint density at radius 1 is 0.969 bits per heavy atom. The van der Waals surface area contributed by atoms with E-state index in [1.54, 1.807) is 6.92 Å². The Morgan fingerprint density at radius 2 is 1.56 bits per heavy atom. The molecule has 4 nitrogen and oxygen atoms in total. The first kappa shape index (κ1) is 26.8. The Labute approximate surface area is 203 Å². The first-order valence-electron chi connectivity index (χ1n) is 11.1. The van der Waals surface area contributed by atoms with Gasteiger partial charge in [0.05, 0.1) is 29.0 Å². The summed E-state index contributed by atoms with van der Waals surface area (Å²) in [6.45, 7) is 10.8. The third kappa shape index (κ3) is 7.29. The van der Waals surface area contributed by atoms with Crippen LogP contribution >= 0.6 is 23.2 Å². The predicted molar refractivity (Wildman–Crippen MR) is 134 cm³/mol. The lowest BCUT2D eigenvalue weighted by Crippen LogP contribution is -2.21. The van der Waals surface area contributed by atoms with Crippen LogP contribution in [0.4, 0.5) is 0 Å². The van der Waals surface area contributed by atoms with Crippen LogP contribution in [0.15, 0.2) is 36.4 Å². The average Bonchev–Trinajstić information content (AvgIpc) is 2.74. The first-order valence-corrected chi connectivity index (χ1v) is 13.6. The maximum Gasteiger partial charge on any atom is 0.156 e. The zero-order valence-corrected chi connectivity index (χ0v) is 21.9. The molecule has 0 radical (unpaired) electrons. The van der Waals surface area contributed by atoms with Gasteiger partial charge in [-0.25, -0.2) is 8.42 Å². The van der Waals surface area contributed by atoms with E-state index in [1.165, 1.54) is 0 Å². The summed E-state index contributed by atoms with van der Waals surface area (Å²) in [7, 11) is -3.01. The van der Waals surface area contributed by atoms with E-state index in [0.717, 1.165) is 24.0 Å². The highest BCUT2D eigenvalue weighted by molar-refractivity contribution is 7.91. The maximum absolute atomic E-state index is 11.8. The smallest absolute Gasteiger partial charge is 0.156 e. The fourth-order valence-electron chi connectivity index (χ4n) is 3.35. The van der Waals surface area contributed by atoms with E-state index in [2.05, 4.69) is 20.8 Å². The van der Waals surface area contributed by atoms with Gasteiger partial charge in [-0.1, -0.05) is 76.4 Å². The third-order valence-corrected chi connectivity index (χ3v) is 8.07. The zero-order valence-electron chi connectivity index (χ0n) is 19.6. The third-order valence-electron chi connectivity index (χ3n) is 5.55. The van der Waals surface area contributed by atoms with Crippen LogP contribution in [0.5, 0.6) is 11.5 Å². The molecule has 0 saturated heterocycles. The lowest BCUT2D eigenvalue weighted by atomic mass is 9.78. The van der Waals surface area contributed by atoms with Crippen molar-refractivity contribution in [1.29, 1.82) is 0 Å². The minimum Gasteiger partial charge on any atom is -0.493 e. The van der Waals surface area contributed by atoms with Gasteiger partial charge in [-0.2, -0.15) is 0 Å². The largest absolute Gasteiger partial charge is 0.493 e. The quantitative estimate of drug-likeness (QED) is 0.296. The molecule has 0 N–H and O–H groups in total. The van der Waals surface area contributed by atoms with E-state index in [4.69, 9.17) is 32.7 Å². The molecule has 0 unspecified atom stereocenters. The van der Waals surface area contributed by atoms with Gasteiger partial charge in [0.15, 0.2) is 5.75 Å². The van der Waals surface area contributed by atoms with Crippen molar-refractivity contribution in [2.24, 2.45) is 5.92 Å². The van der Waals surface area contributed by atoms with Crippen molar-refractivity contribution >= 4 is 33.0 Å². The second-order valence-electron chi connectivity index (χ2n) is 8.74. The topological polar surface area (TPSA) is 52.6 Å². The lowest BCUT2D eigenvalue weighted by molar-refractivity contribution is 0.271. The first-order chi connectivity index (χ1) is 15.0. The summed E-state index contributed by atoms with van der Waals surface area (Å²) in [6, 6.07) is 11.7. The van der Waals surface area contributed by atoms with Crippen molar-refractivity contribution in [2.45, 2.75) is 52.9 Å². The molecule has 0 bridgehead atoms. The molecule has 2 rings (SSSR count). The van der Waals surface area contributed by atoms with Crippen LogP contribution in [-0.4, -0.2) is 33.1 Å². The molecule has 0 aliphatic carbocycles. The molecule has 0 aliphatic rings. The summed E-state index contributed by atoms with van der Waals surface area (Å²) in [4.78, 5) is 0. The molecule has 32 heavy (non-hydrogen) atoms. The monoisotopic (exact) mass is 500 g/mol. The molecular weight excluding hydrogens is 467 g/mol. The molecule has 0 aliphatic heterocycles. The van der Waals surface area contributed by atoms with E-state index >= 15 is 0 Å². The lowest BCUT2D eigenvalue weighted by Gasteiger charge is -2.27. The van der Waals surface area contributed by atoms with Crippen molar-refractivity contribution in [2.75, 3.05) is 24.7 Å². The number of benzene rings is 2. The molecule has 0 saturated carbocycles. The number of halogens is 2. The van der Waals surface area contributed by atoms with Crippen LogP contribution in [0.25, 0.3) is 0 Å². The van der Waals surface area contributed by atoms with Crippen LogP contribution in [-0.2, 0) is 15.3 Å². The Balaban J connectivity index is 2.11. The summed E-state index contributed by atoms with van der Waals surface area (Å²) in [5, 5.41) is 1.01. The maximum atomic E-state index is 11.8. The predicted octanol–water partition coefficient (Wildman–Crippen LogP) is 6.95. The van der Waals surface area contributed by atoms with Gasteiger partial charge < -0.3 is 9.47 Å². The van der Waals surface area contributed by atoms with Crippen molar-refractivity contribution < 1.29 is 17.9 Å². The second kappa shape index (κ2) is 11.6. The second-order valence-corrected chi connectivity index (χ2v) is 11.9. The molecule has 1 atom stereocenters. The molecule has 0 fully saturated rings. The molecular formula is C25H34Cl2O4S. The highest BCUT2D eigenvalue weighted by Crippen LogP contribution is 2.40. The fourth-order valence-corrected chi connectivity index (χ4v) is 5.14. The van der Waals surface area contributed by atoms with Crippen LogP contribution in [0, 0.1) is 5.92 Å². The minimum atomic E-state index is -3.01. The van der Waals surface area contributed by atoms with E-state index in [1.807, 2.05) is 43.3 Å². The van der Waals surface area contributed by atoms with Gasteiger partial charge in [-0.15, -0.1) is 0 Å². The van der Waals surface area contributed by atoms with E-state index in [9.17, 15) is 8.42 Å². The number of sulfone groups is 1. The number of rotatable bonds is 12. The van der Waals surface area contributed by atoms with Crippen LogP contribution in [0.1, 0.15) is 58.6 Å². The average molecular weight is 502 g/mol. The zero-order chi connectivity index (χ0) is 23.9. The molecule has 2 aromatic rings. The number of ether oxygens (including phenoxy) is 2. The molecule has 0 heterocycles. The van der Waals surface area contributed by atoms with Crippen molar-refractivity contribution in [1.82, 2.24) is 0 Å². The number of hydrogen-bond acceptors (Lipinski definition) is 4. The van der Waals surface area contributed by atoms with Gasteiger partial charge in [0, 0.05) is 17.1 Å². The summed E-state index contributed by atoms with van der Waals surface area (Å²) in [6.07, 6.45) is 1.98. The van der Waals surface area contributed by atoms with Crippen LogP contribution < -0.4 is 9.47 Å². The van der Waals surface area contributed by atoms with Crippen molar-refractivity contribution in [3.63, 3.8) is 0 Å². The summed E-state index contributed by atoms with van der Waals surface area (Å²) < 4.78 is 35.1. The van der Waals surface area contributed by atoms with Gasteiger partial charge >= 0.3 is 0 Å². The Kier molecular flexibility index (Phi) is 9.74. The van der Waals surface area contributed by atoms with Crippen molar-refractivity contribution in [3.8, 4) is 11.5 Å². The number of hydrogen-bond donors (Lipinski definition) is 0. The standard InChI is InChI=1S/C25H34Cl2O4S/c1-6-8-13-30-24-22(26)14-20(15-23(24)27)25(4,5)19-9-11-21(12-10-19)31-16-18(3)17-32(28,29)7-2/h9-12,14-15,18H,6-8,13,16-17H2,1-5H3/t18-/m0/s1. The summed E-state index contributed by atoms with van der Waals surface area (Å²) >= 11 is 13.0. The number of unbranched alkanes of at least 4 members (excludes halogenated alkanes) is 1. The molecule has 0 aromatic heterocycles.